The van der Waals surface area contributed by atoms with Crippen LogP contribution in [0.25, 0.3) is 10.9 Å². The Balaban J connectivity index is 2.78. The van der Waals surface area contributed by atoms with E-state index in [1.54, 1.807) is 22.8 Å². The highest BCUT2D eigenvalue weighted by Gasteiger charge is 2.14. The van der Waals surface area contributed by atoms with Gasteiger partial charge in [0, 0.05) is 17.1 Å². The average Bonchev–Trinajstić information content (AvgIpc) is 2.29. The molecule has 0 bridgehead atoms. The molecule has 0 unspecified atom stereocenters. The van der Waals surface area contributed by atoms with Gasteiger partial charge in [-0.2, -0.15) is 0 Å². The minimum atomic E-state index is -0.0642. The van der Waals surface area contributed by atoms with Crippen LogP contribution in [0.5, 0.6) is 0 Å². The molecule has 2 rings (SSSR count). The summed E-state index contributed by atoms with van der Waals surface area (Å²) in [6.45, 7) is 7.96. The third-order valence-corrected chi connectivity index (χ3v) is 3.03. The Morgan fingerprint density at radius 3 is 2.53 bits per heavy atom. The summed E-state index contributed by atoms with van der Waals surface area (Å²) in [6, 6.07) is 5.43. The van der Waals surface area contributed by atoms with E-state index in [-0.39, 0.29) is 17.6 Å². The van der Waals surface area contributed by atoms with Crippen molar-refractivity contribution in [3.63, 3.8) is 0 Å². The summed E-state index contributed by atoms with van der Waals surface area (Å²) in [5.41, 5.74) is 0.597. The van der Waals surface area contributed by atoms with Crippen LogP contribution in [0.1, 0.15) is 33.7 Å². The average molecular weight is 280 g/mol. The molecule has 4 nitrogen and oxygen atoms in total. The number of fused-ring (bicyclic) bond motifs is 1. The van der Waals surface area contributed by atoms with Crippen LogP contribution in [-0.2, 0) is 0 Å². The monoisotopic (exact) mass is 279 g/mol. The molecule has 102 valence electrons. The van der Waals surface area contributed by atoms with Crippen LogP contribution in [0, 0.1) is 0 Å². The van der Waals surface area contributed by atoms with Crippen LogP contribution >= 0.6 is 11.6 Å². The summed E-state index contributed by atoms with van der Waals surface area (Å²) in [4.78, 5) is 17.1. The predicted octanol–water partition coefficient (Wildman–Crippen LogP) is 3.45. The van der Waals surface area contributed by atoms with E-state index in [2.05, 4.69) is 10.3 Å². The smallest absolute Gasteiger partial charge is 0.263 e. The molecule has 5 heteroatoms. The van der Waals surface area contributed by atoms with Crippen LogP contribution in [-0.4, -0.2) is 15.6 Å². The third kappa shape index (κ3) is 2.73. The Morgan fingerprint density at radius 1 is 1.26 bits per heavy atom. The van der Waals surface area contributed by atoms with Gasteiger partial charge in [0.2, 0.25) is 5.95 Å². The molecular formula is C14H18ClN3O. The van der Waals surface area contributed by atoms with Crippen LogP contribution in [0.15, 0.2) is 23.0 Å². The van der Waals surface area contributed by atoms with Gasteiger partial charge in [-0.1, -0.05) is 11.6 Å². The van der Waals surface area contributed by atoms with Crippen molar-refractivity contribution < 1.29 is 0 Å². The number of nitrogens with one attached hydrogen (secondary N) is 1. The van der Waals surface area contributed by atoms with Gasteiger partial charge >= 0.3 is 0 Å². The molecule has 0 radical (unpaired) electrons. The van der Waals surface area contributed by atoms with Gasteiger partial charge in [-0.25, -0.2) is 4.98 Å². The molecule has 1 heterocycles. The second-order valence-corrected chi connectivity index (χ2v) is 5.60. The molecule has 0 atom stereocenters. The summed E-state index contributed by atoms with van der Waals surface area (Å²) in [6.07, 6.45) is 0. The van der Waals surface area contributed by atoms with Gasteiger partial charge in [0.15, 0.2) is 0 Å². The Bertz CT molecular complexity index is 662. The molecule has 0 amide bonds. The van der Waals surface area contributed by atoms with Crippen LogP contribution < -0.4 is 10.9 Å². The maximum atomic E-state index is 12.5. The van der Waals surface area contributed by atoms with Crippen molar-refractivity contribution in [2.45, 2.75) is 39.8 Å². The number of aromatic nitrogens is 2. The highest BCUT2D eigenvalue weighted by Crippen LogP contribution is 2.19. The molecule has 2 aromatic rings. The summed E-state index contributed by atoms with van der Waals surface area (Å²) >= 11 is 5.96. The van der Waals surface area contributed by atoms with Gasteiger partial charge in [-0.15, -0.1) is 0 Å². The molecular weight excluding hydrogens is 262 g/mol. The molecule has 1 N–H and O–H groups in total. The van der Waals surface area contributed by atoms with Gasteiger partial charge in [0.05, 0.1) is 10.9 Å². The van der Waals surface area contributed by atoms with Crippen molar-refractivity contribution in [2.75, 3.05) is 5.32 Å². The quantitative estimate of drug-likeness (QED) is 0.936. The third-order valence-electron chi connectivity index (χ3n) is 2.80. The van der Waals surface area contributed by atoms with E-state index in [0.29, 0.717) is 21.9 Å². The largest absolute Gasteiger partial charge is 0.353 e. The lowest BCUT2D eigenvalue weighted by atomic mass is 10.2. The number of hydrogen-bond donors (Lipinski definition) is 1. The van der Waals surface area contributed by atoms with E-state index in [9.17, 15) is 4.79 Å². The summed E-state index contributed by atoms with van der Waals surface area (Å²) in [5.74, 6) is 0.602. The molecule has 0 saturated carbocycles. The zero-order chi connectivity index (χ0) is 14.2. The van der Waals surface area contributed by atoms with E-state index < -0.39 is 0 Å². The summed E-state index contributed by atoms with van der Waals surface area (Å²) in [5, 5.41) is 4.32. The van der Waals surface area contributed by atoms with Crippen molar-refractivity contribution >= 4 is 28.5 Å². The number of anilines is 1. The van der Waals surface area contributed by atoms with E-state index in [4.69, 9.17) is 11.6 Å². The second kappa shape index (κ2) is 5.21. The first-order chi connectivity index (χ1) is 8.90. The number of benzene rings is 1. The van der Waals surface area contributed by atoms with Crippen molar-refractivity contribution in [3.8, 4) is 0 Å². The molecule has 0 aliphatic rings. The van der Waals surface area contributed by atoms with Crippen LogP contribution in [0.2, 0.25) is 5.02 Å². The summed E-state index contributed by atoms with van der Waals surface area (Å²) < 4.78 is 1.67. The van der Waals surface area contributed by atoms with Gasteiger partial charge in [-0.3, -0.25) is 9.36 Å². The van der Waals surface area contributed by atoms with Crippen molar-refractivity contribution in [2.24, 2.45) is 0 Å². The lowest BCUT2D eigenvalue weighted by Crippen LogP contribution is -2.28. The zero-order valence-corrected chi connectivity index (χ0v) is 12.3. The first-order valence-electron chi connectivity index (χ1n) is 6.38. The Hall–Kier alpha value is -1.55. The SMILES string of the molecule is CC(C)Nc1nc2ccc(Cl)cc2c(=O)n1C(C)C. The molecule has 0 saturated heterocycles. The first-order valence-corrected chi connectivity index (χ1v) is 6.76. The normalized spacial score (nSPS) is 11.5. The summed E-state index contributed by atoms with van der Waals surface area (Å²) in [7, 11) is 0. The standard InChI is InChI=1S/C14H18ClN3O/c1-8(2)16-14-17-12-6-5-10(15)7-11(12)13(19)18(14)9(3)4/h5-9H,1-4H3,(H,16,17). The fraction of sp³-hybridized carbons (Fsp3) is 0.429. The highest BCUT2D eigenvalue weighted by atomic mass is 35.5. The molecule has 0 aliphatic carbocycles. The molecule has 0 aliphatic heterocycles. The lowest BCUT2D eigenvalue weighted by Gasteiger charge is -2.19. The van der Waals surface area contributed by atoms with Crippen molar-refractivity contribution in [1.29, 1.82) is 0 Å². The molecule has 0 spiro atoms. The maximum Gasteiger partial charge on any atom is 0.263 e. The first kappa shape index (κ1) is 13.9. The van der Waals surface area contributed by atoms with E-state index in [1.807, 2.05) is 27.7 Å². The van der Waals surface area contributed by atoms with Crippen LogP contribution in [0.4, 0.5) is 5.95 Å². The number of nitrogens with zero attached hydrogens (tertiary/aromatic N) is 2. The minimum absolute atomic E-state index is 0.0321. The lowest BCUT2D eigenvalue weighted by molar-refractivity contribution is 0.576. The Morgan fingerprint density at radius 2 is 1.95 bits per heavy atom. The topological polar surface area (TPSA) is 46.9 Å². The number of hydrogen-bond acceptors (Lipinski definition) is 3. The maximum absolute atomic E-state index is 12.5. The zero-order valence-electron chi connectivity index (χ0n) is 11.6. The molecule has 1 aromatic heterocycles. The van der Waals surface area contributed by atoms with Gasteiger partial charge in [-0.05, 0) is 45.9 Å². The number of rotatable bonds is 3. The van der Waals surface area contributed by atoms with E-state index in [1.165, 1.54) is 0 Å². The van der Waals surface area contributed by atoms with E-state index >= 15 is 0 Å². The van der Waals surface area contributed by atoms with Crippen molar-refractivity contribution in [1.82, 2.24) is 9.55 Å². The molecule has 1 aromatic carbocycles. The van der Waals surface area contributed by atoms with Crippen molar-refractivity contribution in [3.05, 3.63) is 33.6 Å². The Labute approximate surface area is 117 Å². The Kier molecular flexibility index (Phi) is 3.80. The van der Waals surface area contributed by atoms with Gasteiger partial charge in [0.1, 0.15) is 0 Å². The van der Waals surface area contributed by atoms with Gasteiger partial charge < -0.3 is 5.32 Å². The predicted molar refractivity (Wildman–Crippen MR) is 80.2 cm³/mol. The minimum Gasteiger partial charge on any atom is -0.353 e. The molecule has 0 fully saturated rings. The van der Waals surface area contributed by atoms with Crippen LogP contribution in [0.3, 0.4) is 0 Å². The number of halogens is 1. The molecule has 19 heavy (non-hydrogen) atoms. The van der Waals surface area contributed by atoms with E-state index in [0.717, 1.165) is 0 Å². The fourth-order valence-electron chi connectivity index (χ4n) is 2.01. The fourth-order valence-corrected chi connectivity index (χ4v) is 2.18. The highest BCUT2D eigenvalue weighted by molar-refractivity contribution is 6.31. The van der Waals surface area contributed by atoms with Gasteiger partial charge in [0.25, 0.3) is 5.56 Å². The second-order valence-electron chi connectivity index (χ2n) is 5.16.